The number of aliphatic hydroxyl groups excluding tert-OH is 1. The highest BCUT2D eigenvalue weighted by atomic mass is 35.5. The zero-order valence-corrected chi connectivity index (χ0v) is 14.8. The van der Waals surface area contributed by atoms with E-state index in [1.165, 1.54) is 0 Å². The van der Waals surface area contributed by atoms with Gasteiger partial charge >= 0.3 is 0 Å². The Morgan fingerprint density at radius 1 is 1.15 bits per heavy atom. The van der Waals surface area contributed by atoms with Crippen molar-refractivity contribution in [2.45, 2.75) is 12.5 Å². The van der Waals surface area contributed by atoms with Gasteiger partial charge in [0.1, 0.15) is 19.4 Å². The number of anilines is 1. The first-order chi connectivity index (χ1) is 12.7. The minimum absolute atomic E-state index is 0.0839. The van der Waals surface area contributed by atoms with Crippen molar-refractivity contribution >= 4 is 23.2 Å². The quantitative estimate of drug-likeness (QED) is 0.861. The Hall–Kier alpha value is -2.44. The molecule has 0 radical (unpaired) electrons. The number of aliphatic imine (C=N–C) groups is 1. The molecule has 7 heteroatoms. The average molecular weight is 375 g/mol. The predicted molar refractivity (Wildman–Crippen MR) is 99.4 cm³/mol. The Morgan fingerprint density at radius 2 is 2.00 bits per heavy atom. The Labute approximate surface area is 156 Å². The van der Waals surface area contributed by atoms with Gasteiger partial charge in [-0.05, 0) is 35.9 Å². The molecule has 6 nitrogen and oxygen atoms in total. The van der Waals surface area contributed by atoms with Gasteiger partial charge in [0.2, 0.25) is 5.90 Å². The van der Waals surface area contributed by atoms with Crippen molar-refractivity contribution in [2.75, 3.05) is 31.8 Å². The first-order valence-corrected chi connectivity index (χ1v) is 8.87. The third-order valence-corrected chi connectivity index (χ3v) is 4.47. The Balaban J connectivity index is 1.45. The second-order valence-electron chi connectivity index (χ2n) is 6.07. The molecule has 0 bridgehead atoms. The molecular weight excluding hydrogens is 356 g/mol. The summed E-state index contributed by atoms with van der Waals surface area (Å²) in [5.41, 5.74) is 2.40. The van der Waals surface area contributed by atoms with Gasteiger partial charge in [-0.1, -0.05) is 17.7 Å². The van der Waals surface area contributed by atoms with Gasteiger partial charge < -0.3 is 24.6 Å². The van der Waals surface area contributed by atoms with Crippen LogP contribution in [0.3, 0.4) is 0 Å². The van der Waals surface area contributed by atoms with Crippen molar-refractivity contribution in [3.05, 3.63) is 52.5 Å². The van der Waals surface area contributed by atoms with Crippen molar-refractivity contribution in [3.63, 3.8) is 0 Å². The molecule has 0 saturated carbocycles. The monoisotopic (exact) mass is 374 g/mol. The molecule has 4 rings (SSSR count). The fourth-order valence-corrected chi connectivity index (χ4v) is 3.07. The molecule has 0 fully saturated rings. The van der Waals surface area contributed by atoms with Crippen LogP contribution in [0.1, 0.15) is 23.7 Å². The molecule has 2 aromatic carbocycles. The summed E-state index contributed by atoms with van der Waals surface area (Å²) in [7, 11) is 0. The first kappa shape index (κ1) is 17.0. The number of aliphatic hydroxyl groups is 1. The number of ether oxygens (including phenoxy) is 3. The van der Waals surface area contributed by atoms with E-state index >= 15 is 0 Å². The highest BCUT2D eigenvalue weighted by Crippen LogP contribution is 2.32. The highest BCUT2D eigenvalue weighted by Gasteiger charge is 2.19. The van der Waals surface area contributed by atoms with Crippen LogP contribution < -0.4 is 14.8 Å². The smallest absolute Gasteiger partial charge is 0.220 e. The van der Waals surface area contributed by atoms with E-state index in [0.29, 0.717) is 47.9 Å². The van der Waals surface area contributed by atoms with E-state index in [9.17, 15) is 5.11 Å². The summed E-state index contributed by atoms with van der Waals surface area (Å²) in [5, 5.41) is 14.3. The predicted octanol–water partition coefficient (Wildman–Crippen LogP) is 3.38. The van der Waals surface area contributed by atoms with Crippen LogP contribution in [0.2, 0.25) is 5.02 Å². The van der Waals surface area contributed by atoms with Gasteiger partial charge in [-0.2, -0.15) is 0 Å². The Bertz CT molecular complexity index is 840. The maximum Gasteiger partial charge on any atom is 0.220 e. The third-order valence-electron chi connectivity index (χ3n) is 4.24. The lowest BCUT2D eigenvalue weighted by molar-refractivity contribution is 0.102. The van der Waals surface area contributed by atoms with Crippen LogP contribution in [0, 0.1) is 0 Å². The van der Waals surface area contributed by atoms with E-state index < -0.39 is 6.10 Å². The molecular formula is C19H19ClN2O4. The van der Waals surface area contributed by atoms with Gasteiger partial charge in [-0.25, -0.2) is 4.99 Å². The zero-order valence-electron chi connectivity index (χ0n) is 14.1. The number of nitrogens with zero attached hydrogens (tertiary/aromatic N) is 1. The Morgan fingerprint density at radius 3 is 2.88 bits per heavy atom. The van der Waals surface area contributed by atoms with Crippen LogP contribution in [0.4, 0.5) is 5.69 Å². The van der Waals surface area contributed by atoms with Gasteiger partial charge in [0.15, 0.2) is 11.5 Å². The number of hydrogen-bond donors (Lipinski definition) is 2. The van der Waals surface area contributed by atoms with Crippen LogP contribution in [0.5, 0.6) is 11.5 Å². The third kappa shape index (κ3) is 3.57. The summed E-state index contributed by atoms with van der Waals surface area (Å²) in [5.74, 6) is 1.84. The molecule has 0 spiro atoms. The molecule has 26 heavy (non-hydrogen) atoms. The topological polar surface area (TPSA) is 72.3 Å². The van der Waals surface area contributed by atoms with Gasteiger partial charge in [-0.3, -0.25) is 0 Å². The molecule has 2 aliphatic rings. The minimum Gasteiger partial charge on any atom is -0.490 e. The van der Waals surface area contributed by atoms with Crippen LogP contribution in [0.15, 0.2) is 41.4 Å². The van der Waals surface area contributed by atoms with Crippen molar-refractivity contribution in [1.29, 1.82) is 0 Å². The molecule has 1 unspecified atom stereocenters. The molecule has 0 aliphatic carbocycles. The fraction of sp³-hybridized carbons (Fsp3) is 0.316. The number of fused-ring (bicyclic) bond motifs is 2. The van der Waals surface area contributed by atoms with E-state index in [0.717, 1.165) is 17.7 Å². The molecule has 0 amide bonds. The molecule has 2 aromatic rings. The van der Waals surface area contributed by atoms with Crippen LogP contribution in [0.25, 0.3) is 0 Å². The first-order valence-electron chi connectivity index (χ1n) is 8.49. The highest BCUT2D eigenvalue weighted by molar-refractivity contribution is 6.31. The summed E-state index contributed by atoms with van der Waals surface area (Å²) in [4.78, 5) is 4.33. The Kier molecular flexibility index (Phi) is 4.86. The molecule has 2 N–H and O–H groups in total. The second-order valence-corrected chi connectivity index (χ2v) is 6.51. The van der Waals surface area contributed by atoms with Crippen molar-refractivity contribution in [1.82, 2.24) is 0 Å². The average Bonchev–Trinajstić information content (AvgIpc) is 2.90. The van der Waals surface area contributed by atoms with Gasteiger partial charge in [0.05, 0.1) is 18.8 Å². The fourth-order valence-electron chi connectivity index (χ4n) is 2.90. The summed E-state index contributed by atoms with van der Waals surface area (Å²) in [6.45, 7) is 1.73. The number of hydrogen-bond acceptors (Lipinski definition) is 6. The largest absolute Gasteiger partial charge is 0.490 e. The number of halogens is 1. The van der Waals surface area contributed by atoms with E-state index in [2.05, 4.69) is 10.3 Å². The van der Waals surface area contributed by atoms with Crippen molar-refractivity contribution in [2.24, 2.45) is 4.99 Å². The van der Waals surface area contributed by atoms with Crippen LogP contribution in [-0.2, 0) is 4.74 Å². The van der Waals surface area contributed by atoms with Crippen LogP contribution >= 0.6 is 11.6 Å². The van der Waals surface area contributed by atoms with E-state index in [1.54, 1.807) is 12.1 Å². The number of benzene rings is 2. The van der Waals surface area contributed by atoms with Gasteiger partial charge in [0.25, 0.3) is 0 Å². The normalized spacial score (nSPS) is 16.6. The summed E-state index contributed by atoms with van der Waals surface area (Å²) >= 11 is 6.02. The van der Waals surface area contributed by atoms with E-state index in [4.69, 9.17) is 25.8 Å². The lowest BCUT2D eigenvalue weighted by Crippen LogP contribution is -2.20. The summed E-state index contributed by atoms with van der Waals surface area (Å²) in [6, 6.07) is 10.9. The maximum absolute atomic E-state index is 10.5. The SMILES string of the molecule is OC(COC1=NCNc2cc(Cl)ccc21)c1ccc2c(c1)OCCCO2. The zero-order chi connectivity index (χ0) is 17.9. The molecule has 136 valence electrons. The lowest BCUT2D eigenvalue weighted by atomic mass is 10.1. The van der Waals surface area contributed by atoms with E-state index in [-0.39, 0.29) is 6.61 Å². The molecule has 2 heterocycles. The summed E-state index contributed by atoms with van der Waals surface area (Å²) in [6.07, 6.45) is 0.0351. The van der Waals surface area contributed by atoms with E-state index in [1.807, 2.05) is 24.3 Å². The van der Waals surface area contributed by atoms with Gasteiger partial charge in [0, 0.05) is 17.1 Å². The van der Waals surface area contributed by atoms with Gasteiger partial charge in [-0.15, -0.1) is 0 Å². The number of nitrogens with one attached hydrogen (secondary N) is 1. The molecule has 2 aliphatic heterocycles. The van der Waals surface area contributed by atoms with Crippen molar-refractivity contribution < 1.29 is 19.3 Å². The van der Waals surface area contributed by atoms with Crippen LogP contribution in [-0.4, -0.2) is 37.5 Å². The minimum atomic E-state index is -0.805. The molecule has 0 saturated heterocycles. The van der Waals surface area contributed by atoms with Crippen molar-refractivity contribution in [3.8, 4) is 11.5 Å². The number of rotatable bonds is 3. The molecule has 0 aromatic heterocycles. The summed E-state index contributed by atoms with van der Waals surface area (Å²) < 4.78 is 17.1. The second kappa shape index (κ2) is 7.43. The maximum atomic E-state index is 10.5. The standard InChI is InChI=1S/C19H19ClN2O4/c20-13-3-4-14-15(9-13)21-11-22-19(14)26-10-16(23)12-2-5-17-18(8-12)25-7-1-6-24-17/h2-5,8-9,16,21,23H,1,6-7,10-11H2. The lowest BCUT2D eigenvalue weighted by Gasteiger charge is -2.20. The molecule has 1 atom stereocenters.